The van der Waals surface area contributed by atoms with Crippen molar-refractivity contribution in [2.24, 2.45) is 11.7 Å². The Morgan fingerprint density at radius 2 is 2.31 bits per heavy atom. The van der Waals surface area contributed by atoms with Crippen molar-refractivity contribution in [3.8, 4) is 0 Å². The van der Waals surface area contributed by atoms with Crippen molar-refractivity contribution in [1.29, 1.82) is 0 Å². The highest BCUT2D eigenvalue weighted by Crippen LogP contribution is 2.24. The molecular formula is C10H17NO2. The zero-order chi connectivity index (χ0) is 9.68. The van der Waals surface area contributed by atoms with Gasteiger partial charge in [-0.1, -0.05) is 6.42 Å². The zero-order valence-corrected chi connectivity index (χ0v) is 7.87. The SMILES string of the molecule is NC(C=O)CCC1CCCCC1=O. The first kappa shape index (κ1) is 10.4. The van der Waals surface area contributed by atoms with Crippen LogP contribution in [0.2, 0.25) is 0 Å². The van der Waals surface area contributed by atoms with E-state index in [1.54, 1.807) is 0 Å². The summed E-state index contributed by atoms with van der Waals surface area (Å²) in [6, 6.07) is -0.380. The van der Waals surface area contributed by atoms with Crippen LogP contribution in [-0.2, 0) is 9.59 Å². The molecule has 3 nitrogen and oxygen atoms in total. The maximum Gasteiger partial charge on any atom is 0.136 e. The average molecular weight is 183 g/mol. The van der Waals surface area contributed by atoms with Crippen molar-refractivity contribution in [1.82, 2.24) is 0 Å². The molecule has 0 heterocycles. The summed E-state index contributed by atoms with van der Waals surface area (Å²) in [6.07, 6.45) is 6.10. The Hall–Kier alpha value is -0.700. The van der Waals surface area contributed by atoms with Gasteiger partial charge in [0.1, 0.15) is 12.1 Å². The predicted octanol–water partition coefficient (Wildman–Crippen LogP) is 1.05. The average Bonchev–Trinajstić information content (AvgIpc) is 2.16. The molecule has 0 bridgehead atoms. The molecule has 1 saturated carbocycles. The summed E-state index contributed by atoms with van der Waals surface area (Å²) in [6.45, 7) is 0. The lowest BCUT2D eigenvalue weighted by molar-refractivity contribution is -0.125. The molecule has 2 unspecified atom stereocenters. The lowest BCUT2D eigenvalue weighted by Gasteiger charge is -2.20. The molecule has 0 aliphatic heterocycles. The second-order valence-corrected chi connectivity index (χ2v) is 3.79. The molecule has 74 valence electrons. The summed E-state index contributed by atoms with van der Waals surface area (Å²) in [5.41, 5.74) is 5.46. The monoisotopic (exact) mass is 183 g/mol. The number of carbonyl (C=O) groups excluding carboxylic acids is 2. The van der Waals surface area contributed by atoms with E-state index in [2.05, 4.69) is 0 Å². The maximum atomic E-state index is 11.4. The molecular weight excluding hydrogens is 166 g/mol. The highest BCUT2D eigenvalue weighted by atomic mass is 16.1. The van der Waals surface area contributed by atoms with Gasteiger partial charge >= 0.3 is 0 Å². The predicted molar refractivity (Wildman–Crippen MR) is 50.2 cm³/mol. The van der Waals surface area contributed by atoms with Gasteiger partial charge in [-0.15, -0.1) is 0 Å². The van der Waals surface area contributed by atoms with E-state index < -0.39 is 0 Å². The van der Waals surface area contributed by atoms with Gasteiger partial charge in [0.05, 0.1) is 6.04 Å². The van der Waals surface area contributed by atoms with Crippen LogP contribution in [0, 0.1) is 5.92 Å². The molecule has 0 aromatic heterocycles. The Morgan fingerprint density at radius 1 is 1.54 bits per heavy atom. The minimum atomic E-state index is -0.380. The quantitative estimate of drug-likeness (QED) is 0.663. The van der Waals surface area contributed by atoms with Gasteiger partial charge in [0.15, 0.2) is 0 Å². The lowest BCUT2D eigenvalue weighted by atomic mass is 9.84. The second-order valence-electron chi connectivity index (χ2n) is 3.79. The summed E-state index contributed by atoms with van der Waals surface area (Å²) in [5, 5.41) is 0. The summed E-state index contributed by atoms with van der Waals surface area (Å²) in [7, 11) is 0. The lowest BCUT2D eigenvalue weighted by Crippen LogP contribution is -2.25. The summed E-state index contributed by atoms with van der Waals surface area (Å²) in [5.74, 6) is 0.545. The third kappa shape index (κ3) is 3.27. The highest BCUT2D eigenvalue weighted by molar-refractivity contribution is 5.81. The van der Waals surface area contributed by atoms with Crippen molar-refractivity contribution in [3.05, 3.63) is 0 Å². The molecule has 3 heteroatoms. The molecule has 1 aliphatic rings. The Morgan fingerprint density at radius 3 is 2.92 bits per heavy atom. The Kier molecular flexibility index (Phi) is 4.09. The fraction of sp³-hybridized carbons (Fsp3) is 0.800. The number of ketones is 1. The third-order valence-corrected chi connectivity index (χ3v) is 2.70. The highest BCUT2D eigenvalue weighted by Gasteiger charge is 2.22. The van der Waals surface area contributed by atoms with E-state index >= 15 is 0 Å². The number of aldehydes is 1. The van der Waals surface area contributed by atoms with Crippen LogP contribution in [0.1, 0.15) is 38.5 Å². The van der Waals surface area contributed by atoms with Gasteiger partial charge in [0.2, 0.25) is 0 Å². The molecule has 0 radical (unpaired) electrons. The van der Waals surface area contributed by atoms with Crippen LogP contribution in [0.25, 0.3) is 0 Å². The number of hydrogen-bond acceptors (Lipinski definition) is 3. The topological polar surface area (TPSA) is 60.2 Å². The number of carbonyl (C=O) groups is 2. The van der Waals surface area contributed by atoms with Crippen LogP contribution in [-0.4, -0.2) is 18.1 Å². The number of hydrogen-bond donors (Lipinski definition) is 1. The van der Waals surface area contributed by atoms with Crippen molar-refractivity contribution in [3.63, 3.8) is 0 Å². The van der Waals surface area contributed by atoms with Gasteiger partial charge in [0, 0.05) is 12.3 Å². The Labute approximate surface area is 78.7 Å². The van der Waals surface area contributed by atoms with Crippen LogP contribution in [0.4, 0.5) is 0 Å². The largest absolute Gasteiger partial charge is 0.322 e. The molecule has 1 aliphatic carbocycles. The normalized spacial score (nSPS) is 25.6. The second kappa shape index (κ2) is 5.12. The van der Waals surface area contributed by atoms with E-state index in [0.717, 1.165) is 38.4 Å². The molecule has 0 amide bonds. The van der Waals surface area contributed by atoms with Gasteiger partial charge in [-0.05, 0) is 25.7 Å². The van der Waals surface area contributed by atoms with Crippen molar-refractivity contribution in [2.45, 2.75) is 44.6 Å². The van der Waals surface area contributed by atoms with E-state index in [1.165, 1.54) is 0 Å². The van der Waals surface area contributed by atoms with Crippen molar-refractivity contribution < 1.29 is 9.59 Å². The van der Waals surface area contributed by atoms with Crippen LogP contribution < -0.4 is 5.73 Å². The van der Waals surface area contributed by atoms with Gasteiger partial charge < -0.3 is 10.5 Å². The molecule has 0 aromatic carbocycles. The van der Waals surface area contributed by atoms with Gasteiger partial charge in [0.25, 0.3) is 0 Å². The number of Topliss-reactive ketones (excluding diaryl/α,β-unsaturated/α-hetero) is 1. The van der Waals surface area contributed by atoms with Crippen LogP contribution >= 0.6 is 0 Å². The summed E-state index contributed by atoms with van der Waals surface area (Å²) >= 11 is 0. The summed E-state index contributed by atoms with van der Waals surface area (Å²) in [4.78, 5) is 21.6. The van der Waals surface area contributed by atoms with Crippen LogP contribution in [0.5, 0.6) is 0 Å². The fourth-order valence-corrected chi connectivity index (χ4v) is 1.82. The number of nitrogens with two attached hydrogens (primary N) is 1. The molecule has 0 spiro atoms. The van der Waals surface area contributed by atoms with Gasteiger partial charge in [-0.25, -0.2) is 0 Å². The van der Waals surface area contributed by atoms with E-state index in [0.29, 0.717) is 12.2 Å². The molecule has 0 saturated heterocycles. The molecule has 0 aromatic rings. The standard InChI is InChI=1S/C10H17NO2/c11-9(7-12)6-5-8-3-1-2-4-10(8)13/h7-9H,1-6,11H2. The fourth-order valence-electron chi connectivity index (χ4n) is 1.82. The van der Waals surface area contributed by atoms with E-state index in [1.807, 2.05) is 0 Å². The Bertz CT molecular complexity index is 191. The summed E-state index contributed by atoms with van der Waals surface area (Å²) < 4.78 is 0. The smallest absolute Gasteiger partial charge is 0.136 e. The van der Waals surface area contributed by atoms with E-state index in [4.69, 9.17) is 5.73 Å². The van der Waals surface area contributed by atoms with Crippen LogP contribution in [0.15, 0.2) is 0 Å². The molecule has 13 heavy (non-hydrogen) atoms. The Balaban J connectivity index is 2.26. The van der Waals surface area contributed by atoms with Crippen LogP contribution in [0.3, 0.4) is 0 Å². The zero-order valence-electron chi connectivity index (χ0n) is 7.87. The first-order valence-electron chi connectivity index (χ1n) is 4.97. The van der Waals surface area contributed by atoms with Crippen molar-refractivity contribution in [2.75, 3.05) is 0 Å². The molecule has 2 N–H and O–H groups in total. The van der Waals surface area contributed by atoms with Crippen molar-refractivity contribution >= 4 is 12.1 Å². The van der Waals surface area contributed by atoms with Gasteiger partial charge in [-0.3, -0.25) is 4.79 Å². The first-order valence-corrected chi connectivity index (χ1v) is 4.97. The first-order chi connectivity index (χ1) is 6.24. The van der Waals surface area contributed by atoms with E-state index in [-0.39, 0.29) is 12.0 Å². The van der Waals surface area contributed by atoms with Gasteiger partial charge in [-0.2, -0.15) is 0 Å². The molecule has 1 rings (SSSR count). The minimum absolute atomic E-state index is 0.180. The number of rotatable bonds is 4. The maximum absolute atomic E-state index is 11.4. The van der Waals surface area contributed by atoms with E-state index in [9.17, 15) is 9.59 Å². The minimum Gasteiger partial charge on any atom is -0.322 e. The third-order valence-electron chi connectivity index (χ3n) is 2.70. The molecule has 1 fully saturated rings. The molecule has 2 atom stereocenters.